The van der Waals surface area contributed by atoms with Gasteiger partial charge in [0.1, 0.15) is 5.54 Å². The van der Waals surface area contributed by atoms with Crippen LogP contribution in [0.1, 0.15) is 18.9 Å². The number of hydrogen-bond donors (Lipinski definition) is 1. The third-order valence-corrected chi connectivity index (χ3v) is 15.8. The minimum Gasteiger partial charge on any atom is -0.355 e. The van der Waals surface area contributed by atoms with Gasteiger partial charge in [-0.2, -0.15) is 0 Å². The van der Waals surface area contributed by atoms with E-state index in [-0.39, 0.29) is 11.8 Å². The molecule has 1 saturated heterocycles. The molecule has 2 aliphatic heterocycles. The molecule has 1 atom stereocenters. The van der Waals surface area contributed by atoms with Gasteiger partial charge in [0, 0.05) is 30.0 Å². The number of β-lactam (4-membered cyclic amide) rings is 1. The monoisotopic (exact) mass is 469 g/mol. The van der Waals surface area contributed by atoms with E-state index in [1.165, 1.54) is 0 Å². The van der Waals surface area contributed by atoms with Crippen LogP contribution in [-0.4, -0.2) is 62.2 Å². The SMILES string of the molecule is CC1=C(C(=O)N[C@]2(Cc3ccccc3)CN(C([Si](C)(C)C)[Si](C)(C)C)C2=O)CC=CN1C. The molecule has 2 aliphatic rings. The molecule has 1 fully saturated rings. The van der Waals surface area contributed by atoms with Crippen molar-refractivity contribution in [2.45, 2.75) is 69.9 Å². The summed E-state index contributed by atoms with van der Waals surface area (Å²) >= 11 is 0. The molecule has 1 aromatic carbocycles. The van der Waals surface area contributed by atoms with Gasteiger partial charge in [-0.15, -0.1) is 0 Å². The molecule has 5 nitrogen and oxygen atoms in total. The Kier molecular flexibility index (Phi) is 6.64. The van der Waals surface area contributed by atoms with Gasteiger partial charge < -0.3 is 15.1 Å². The summed E-state index contributed by atoms with van der Waals surface area (Å²) in [7, 11) is -1.28. The van der Waals surface area contributed by atoms with Crippen LogP contribution < -0.4 is 5.32 Å². The number of rotatable bonds is 7. The molecular formula is C25H39N3O2Si2. The Morgan fingerprint density at radius 3 is 2.22 bits per heavy atom. The summed E-state index contributed by atoms with van der Waals surface area (Å²) in [6, 6.07) is 10.0. The standard InChI is InChI=1S/C25H39N3O2Si2/c1-19-21(15-12-16-27(19)2)22(29)26-25(17-20-13-10-9-11-14-20)18-28(23(25)30)24(31(3,4)5)32(6,7)8/h9-14,16,24H,15,17-18H2,1-8H3,(H,26,29)/t25-/m1/s1. The maximum absolute atomic E-state index is 13.9. The molecule has 1 aromatic rings. The van der Waals surface area contributed by atoms with Crippen LogP contribution in [0.25, 0.3) is 0 Å². The minimum absolute atomic E-state index is 0.0857. The van der Waals surface area contributed by atoms with Crippen LogP contribution in [-0.2, 0) is 16.0 Å². The summed E-state index contributed by atoms with van der Waals surface area (Å²) in [4.78, 5) is 31.4. The molecule has 3 rings (SSSR count). The number of hydrogen-bond acceptors (Lipinski definition) is 3. The molecule has 174 valence electrons. The lowest BCUT2D eigenvalue weighted by Gasteiger charge is -2.58. The van der Waals surface area contributed by atoms with Crippen LogP contribution in [0.15, 0.2) is 53.9 Å². The first-order valence-electron chi connectivity index (χ1n) is 11.5. The Morgan fingerprint density at radius 1 is 1.09 bits per heavy atom. The quantitative estimate of drug-likeness (QED) is 0.482. The Labute approximate surface area is 195 Å². The number of carbonyl (C=O) groups excluding carboxylic acids is 2. The Hall–Kier alpha value is -2.13. The van der Waals surface area contributed by atoms with E-state index in [0.29, 0.717) is 24.7 Å². The second-order valence-electron chi connectivity index (χ2n) is 11.5. The lowest BCUT2D eigenvalue weighted by Crippen LogP contribution is -2.81. The number of amides is 2. The minimum atomic E-state index is -1.61. The number of benzene rings is 1. The van der Waals surface area contributed by atoms with Gasteiger partial charge in [0.15, 0.2) is 0 Å². The third kappa shape index (κ3) is 4.78. The van der Waals surface area contributed by atoms with Gasteiger partial charge in [-0.3, -0.25) is 9.59 Å². The van der Waals surface area contributed by atoms with E-state index in [0.717, 1.165) is 16.8 Å². The summed E-state index contributed by atoms with van der Waals surface area (Å²) in [5, 5.41) is 3.56. The normalized spacial score (nSPS) is 21.8. The fraction of sp³-hybridized carbons (Fsp3) is 0.520. The number of nitrogens with zero attached hydrogens (tertiary/aromatic N) is 2. The van der Waals surface area contributed by atoms with E-state index < -0.39 is 21.7 Å². The molecule has 1 N–H and O–H groups in total. The second kappa shape index (κ2) is 8.67. The summed E-state index contributed by atoms with van der Waals surface area (Å²) in [6.45, 7) is 16.7. The number of nitrogens with one attached hydrogen (secondary N) is 1. The first-order valence-corrected chi connectivity index (χ1v) is 18.7. The van der Waals surface area contributed by atoms with E-state index >= 15 is 0 Å². The Bertz CT molecular complexity index is 930. The lowest BCUT2D eigenvalue weighted by molar-refractivity contribution is -0.155. The highest BCUT2D eigenvalue weighted by Gasteiger charge is 2.59. The summed E-state index contributed by atoms with van der Waals surface area (Å²) in [5.74, 6) is -0.0392. The predicted octanol–water partition coefficient (Wildman–Crippen LogP) is 4.17. The summed E-state index contributed by atoms with van der Waals surface area (Å²) in [5.41, 5.74) is 1.87. The summed E-state index contributed by atoms with van der Waals surface area (Å²) in [6.07, 6.45) is 5.09. The first kappa shape index (κ1) is 24.5. The second-order valence-corrected chi connectivity index (χ2v) is 22.7. The van der Waals surface area contributed by atoms with Gasteiger partial charge in [0.05, 0.1) is 22.7 Å². The van der Waals surface area contributed by atoms with Crippen molar-refractivity contribution in [2.75, 3.05) is 13.6 Å². The van der Waals surface area contributed by atoms with Crippen LogP contribution in [0.3, 0.4) is 0 Å². The van der Waals surface area contributed by atoms with Gasteiger partial charge in [-0.1, -0.05) is 75.7 Å². The van der Waals surface area contributed by atoms with E-state index in [1.807, 2.05) is 61.5 Å². The van der Waals surface area contributed by atoms with Gasteiger partial charge in [0.2, 0.25) is 11.8 Å². The zero-order valence-corrected chi connectivity index (χ0v) is 23.0. The fourth-order valence-electron chi connectivity index (χ4n) is 5.62. The predicted molar refractivity (Wildman–Crippen MR) is 137 cm³/mol. The molecule has 0 aromatic heterocycles. The van der Waals surface area contributed by atoms with Crippen LogP contribution in [0.4, 0.5) is 0 Å². The van der Waals surface area contributed by atoms with Crippen LogP contribution in [0.2, 0.25) is 39.3 Å². The number of allylic oxidation sites excluding steroid dienone is 2. The fourth-order valence-corrected chi connectivity index (χ4v) is 18.3. The van der Waals surface area contributed by atoms with Gasteiger partial charge in [0.25, 0.3) is 0 Å². The lowest BCUT2D eigenvalue weighted by atomic mass is 9.82. The average molecular weight is 470 g/mol. The molecule has 0 spiro atoms. The molecule has 2 amide bonds. The van der Waals surface area contributed by atoms with Crippen molar-refractivity contribution in [1.29, 1.82) is 0 Å². The molecule has 0 unspecified atom stereocenters. The Balaban J connectivity index is 1.93. The van der Waals surface area contributed by atoms with Crippen molar-refractivity contribution < 1.29 is 9.59 Å². The Morgan fingerprint density at radius 2 is 1.69 bits per heavy atom. The van der Waals surface area contributed by atoms with E-state index in [4.69, 9.17) is 0 Å². The van der Waals surface area contributed by atoms with E-state index in [9.17, 15) is 9.59 Å². The van der Waals surface area contributed by atoms with Gasteiger partial charge >= 0.3 is 0 Å². The highest BCUT2D eigenvalue weighted by atomic mass is 28.4. The summed E-state index contributed by atoms with van der Waals surface area (Å²) < 4.78 is 0. The first-order chi connectivity index (χ1) is 14.8. The molecule has 7 heteroatoms. The smallest absolute Gasteiger partial charge is 0.250 e. The van der Waals surface area contributed by atoms with Crippen LogP contribution in [0, 0.1) is 0 Å². The molecule has 0 aliphatic carbocycles. The topological polar surface area (TPSA) is 52.7 Å². The van der Waals surface area contributed by atoms with Gasteiger partial charge in [-0.05, 0) is 25.1 Å². The maximum atomic E-state index is 13.9. The molecule has 0 radical (unpaired) electrons. The largest absolute Gasteiger partial charge is 0.355 e. The van der Waals surface area contributed by atoms with Crippen LogP contribution in [0.5, 0.6) is 0 Å². The molecular weight excluding hydrogens is 430 g/mol. The van der Waals surface area contributed by atoms with Crippen molar-refractivity contribution in [2.24, 2.45) is 0 Å². The number of carbonyl (C=O) groups is 2. The van der Waals surface area contributed by atoms with Crippen molar-refractivity contribution in [1.82, 2.24) is 15.1 Å². The van der Waals surface area contributed by atoms with Crippen LogP contribution >= 0.6 is 0 Å². The zero-order valence-electron chi connectivity index (χ0n) is 21.0. The third-order valence-electron chi connectivity index (χ3n) is 6.66. The highest BCUT2D eigenvalue weighted by molar-refractivity contribution is 6.96. The average Bonchev–Trinajstić information content (AvgIpc) is 2.68. The van der Waals surface area contributed by atoms with Gasteiger partial charge in [-0.25, -0.2) is 0 Å². The van der Waals surface area contributed by atoms with E-state index in [1.54, 1.807) is 0 Å². The van der Waals surface area contributed by atoms with Crippen molar-refractivity contribution in [3.05, 3.63) is 59.4 Å². The van der Waals surface area contributed by atoms with Crippen molar-refractivity contribution in [3.63, 3.8) is 0 Å². The molecule has 32 heavy (non-hydrogen) atoms. The van der Waals surface area contributed by atoms with Crippen molar-refractivity contribution >= 4 is 28.0 Å². The number of likely N-dealkylation sites (tertiary alicyclic amines) is 1. The molecule has 2 heterocycles. The van der Waals surface area contributed by atoms with Crippen molar-refractivity contribution in [3.8, 4) is 0 Å². The van der Waals surface area contributed by atoms with E-state index in [2.05, 4.69) is 49.5 Å². The zero-order chi connectivity index (χ0) is 23.9. The molecule has 0 saturated carbocycles. The maximum Gasteiger partial charge on any atom is 0.250 e. The highest BCUT2D eigenvalue weighted by Crippen LogP contribution is 2.36. The molecule has 0 bridgehead atoms.